The highest BCUT2D eigenvalue weighted by atomic mass is 32.2. The van der Waals surface area contributed by atoms with Crippen LogP contribution in [-0.2, 0) is 10.0 Å². The monoisotopic (exact) mass is 390 g/mol. The summed E-state index contributed by atoms with van der Waals surface area (Å²) in [4.78, 5) is 12.4. The summed E-state index contributed by atoms with van der Waals surface area (Å²) in [5.74, 6) is 0.750. The van der Waals surface area contributed by atoms with Crippen molar-refractivity contribution in [3.05, 3.63) is 59.7 Å². The molecule has 2 aromatic rings. The normalized spacial score (nSPS) is 11.4. The largest absolute Gasteiger partial charge is 0.493 e. The van der Waals surface area contributed by atoms with Crippen LogP contribution in [0.15, 0.2) is 53.4 Å². The molecule has 0 aromatic heterocycles. The van der Waals surface area contributed by atoms with Crippen LogP contribution >= 0.6 is 0 Å². The van der Waals surface area contributed by atoms with Crippen LogP contribution in [0.2, 0.25) is 0 Å². The Kier molecular flexibility index (Phi) is 7.38. The van der Waals surface area contributed by atoms with E-state index in [9.17, 15) is 13.2 Å². The van der Waals surface area contributed by atoms with Gasteiger partial charge in [0.1, 0.15) is 5.75 Å². The molecule has 6 nitrogen and oxygen atoms in total. The molecule has 0 heterocycles. The lowest BCUT2D eigenvalue weighted by Crippen LogP contribution is -2.34. The summed E-state index contributed by atoms with van der Waals surface area (Å²) >= 11 is 0. The molecule has 0 radical (unpaired) electrons. The molecule has 2 N–H and O–H groups in total. The second-order valence-corrected chi connectivity index (χ2v) is 8.47. The number of ether oxygens (including phenoxy) is 1. The van der Waals surface area contributed by atoms with Crippen LogP contribution in [0.4, 0.5) is 0 Å². The van der Waals surface area contributed by atoms with Crippen molar-refractivity contribution in [3.8, 4) is 5.75 Å². The molecule has 2 rings (SSSR count). The molecular formula is C20H26N2O4S. The summed E-state index contributed by atoms with van der Waals surface area (Å²) in [7, 11) is -3.58. The van der Waals surface area contributed by atoms with Crippen molar-refractivity contribution in [2.45, 2.75) is 25.7 Å². The molecule has 0 fully saturated rings. The van der Waals surface area contributed by atoms with Gasteiger partial charge in [0.15, 0.2) is 0 Å². The number of sulfonamides is 1. The van der Waals surface area contributed by atoms with E-state index in [-0.39, 0.29) is 23.9 Å². The van der Waals surface area contributed by atoms with E-state index >= 15 is 0 Å². The molecule has 0 spiro atoms. The molecule has 27 heavy (non-hydrogen) atoms. The molecule has 0 aliphatic heterocycles. The highest BCUT2D eigenvalue weighted by Gasteiger charge is 2.13. The predicted octanol–water partition coefficient (Wildman–Crippen LogP) is 2.74. The highest BCUT2D eigenvalue weighted by molar-refractivity contribution is 7.89. The lowest BCUT2D eigenvalue weighted by Gasteiger charge is -2.11. The van der Waals surface area contributed by atoms with Gasteiger partial charge in [-0.3, -0.25) is 4.79 Å². The molecule has 0 unspecified atom stereocenters. The van der Waals surface area contributed by atoms with Crippen molar-refractivity contribution >= 4 is 15.9 Å². The van der Waals surface area contributed by atoms with E-state index in [0.717, 1.165) is 5.56 Å². The number of amides is 1. The first-order chi connectivity index (χ1) is 12.8. The third kappa shape index (κ3) is 6.69. The number of rotatable bonds is 9. The maximum atomic E-state index is 12.2. The third-order valence-corrected chi connectivity index (χ3v) is 5.19. The Morgan fingerprint density at radius 3 is 2.44 bits per heavy atom. The van der Waals surface area contributed by atoms with Gasteiger partial charge < -0.3 is 10.1 Å². The van der Waals surface area contributed by atoms with E-state index in [1.165, 1.54) is 0 Å². The second-order valence-electron chi connectivity index (χ2n) is 6.70. The predicted molar refractivity (Wildman–Crippen MR) is 105 cm³/mol. The summed E-state index contributed by atoms with van der Waals surface area (Å²) in [6.07, 6.45) is 0. The van der Waals surface area contributed by atoms with Crippen LogP contribution < -0.4 is 14.8 Å². The fraction of sp³-hybridized carbons (Fsp3) is 0.350. The topological polar surface area (TPSA) is 84.5 Å². The van der Waals surface area contributed by atoms with E-state index in [0.29, 0.717) is 23.8 Å². The first-order valence-corrected chi connectivity index (χ1v) is 10.3. The molecule has 0 atom stereocenters. The Morgan fingerprint density at radius 2 is 1.78 bits per heavy atom. The molecule has 146 valence electrons. The van der Waals surface area contributed by atoms with Gasteiger partial charge in [-0.05, 0) is 43.2 Å². The smallest absolute Gasteiger partial charge is 0.251 e. The lowest BCUT2D eigenvalue weighted by atomic mass is 10.2. The molecule has 1 amide bonds. The fourth-order valence-electron chi connectivity index (χ4n) is 2.25. The Hall–Kier alpha value is -2.38. The number of carbonyl (C=O) groups excluding carboxylic acids is 1. The average Bonchev–Trinajstić information content (AvgIpc) is 2.64. The first kappa shape index (κ1) is 20.9. The second kappa shape index (κ2) is 9.53. The Morgan fingerprint density at radius 1 is 1.07 bits per heavy atom. The third-order valence-electron chi connectivity index (χ3n) is 3.71. The van der Waals surface area contributed by atoms with E-state index in [4.69, 9.17) is 4.74 Å². The maximum Gasteiger partial charge on any atom is 0.251 e. The van der Waals surface area contributed by atoms with Crippen LogP contribution in [0.25, 0.3) is 0 Å². The highest BCUT2D eigenvalue weighted by Crippen LogP contribution is 2.14. The maximum absolute atomic E-state index is 12.2. The van der Waals surface area contributed by atoms with Gasteiger partial charge in [0.25, 0.3) is 5.91 Å². The van der Waals surface area contributed by atoms with E-state index in [2.05, 4.69) is 10.0 Å². The van der Waals surface area contributed by atoms with Crippen molar-refractivity contribution in [2.75, 3.05) is 19.7 Å². The molecule has 7 heteroatoms. The minimum Gasteiger partial charge on any atom is -0.493 e. The van der Waals surface area contributed by atoms with Gasteiger partial charge in [-0.15, -0.1) is 0 Å². The quantitative estimate of drug-likeness (QED) is 0.645. The van der Waals surface area contributed by atoms with Crippen molar-refractivity contribution in [3.63, 3.8) is 0 Å². The van der Waals surface area contributed by atoms with Gasteiger partial charge in [-0.1, -0.05) is 37.6 Å². The van der Waals surface area contributed by atoms with E-state index < -0.39 is 10.0 Å². The van der Waals surface area contributed by atoms with Crippen LogP contribution in [0.3, 0.4) is 0 Å². The molecule has 2 aromatic carbocycles. The number of nitrogens with one attached hydrogen (secondary N) is 2. The van der Waals surface area contributed by atoms with Crippen LogP contribution in [0, 0.1) is 12.8 Å². The lowest BCUT2D eigenvalue weighted by molar-refractivity contribution is 0.0954. The zero-order valence-electron chi connectivity index (χ0n) is 15.9. The van der Waals surface area contributed by atoms with Gasteiger partial charge >= 0.3 is 0 Å². The molecule has 0 bridgehead atoms. The molecule has 0 aliphatic carbocycles. The van der Waals surface area contributed by atoms with Crippen molar-refractivity contribution in [1.29, 1.82) is 0 Å². The molecular weight excluding hydrogens is 364 g/mol. The number of carbonyl (C=O) groups is 1. The van der Waals surface area contributed by atoms with Crippen molar-refractivity contribution in [2.24, 2.45) is 5.92 Å². The first-order valence-electron chi connectivity index (χ1n) is 8.85. The van der Waals surface area contributed by atoms with E-state index in [1.807, 2.05) is 20.8 Å². The molecule has 0 saturated heterocycles. The minimum atomic E-state index is -3.58. The fourth-order valence-corrected chi connectivity index (χ4v) is 3.29. The zero-order chi connectivity index (χ0) is 19.9. The number of hydrogen-bond donors (Lipinski definition) is 2. The van der Waals surface area contributed by atoms with Crippen LogP contribution in [0.1, 0.15) is 29.8 Å². The standard InChI is InChI=1S/C20H26N2O4S/c1-15(2)14-26-18-6-4-5-17(13-18)20(23)21-11-12-22-27(24,25)19-9-7-16(3)8-10-19/h4-10,13,15,22H,11-12,14H2,1-3H3,(H,21,23). The van der Waals surface area contributed by atoms with Crippen molar-refractivity contribution in [1.82, 2.24) is 10.0 Å². The zero-order valence-corrected chi connectivity index (χ0v) is 16.7. The molecule has 0 saturated carbocycles. The summed E-state index contributed by atoms with van der Waals surface area (Å²) in [5.41, 5.74) is 1.46. The summed E-state index contributed by atoms with van der Waals surface area (Å²) < 4.78 is 32.5. The van der Waals surface area contributed by atoms with Gasteiger partial charge in [0, 0.05) is 18.7 Å². The Labute approximate surface area is 161 Å². The van der Waals surface area contributed by atoms with E-state index in [1.54, 1.807) is 48.5 Å². The van der Waals surface area contributed by atoms with Gasteiger partial charge in [-0.25, -0.2) is 13.1 Å². The van der Waals surface area contributed by atoms with Crippen LogP contribution in [0.5, 0.6) is 5.75 Å². The number of benzene rings is 2. The SMILES string of the molecule is Cc1ccc(S(=O)(=O)NCCNC(=O)c2cccc(OCC(C)C)c2)cc1. The van der Waals surface area contributed by atoms with Gasteiger partial charge in [0.05, 0.1) is 11.5 Å². The average molecular weight is 391 g/mol. The minimum absolute atomic E-state index is 0.103. The number of aryl methyl sites for hydroxylation is 1. The summed E-state index contributed by atoms with van der Waals surface area (Å²) in [5, 5.41) is 2.70. The molecule has 0 aliphatic rings. The summed E-state index contributed by atoms with van der Waals surface area (Å²) in [6, 6.07) is 13.5. The Balaban J connectivity index is 1.84. The van der Waals surface area contributed by atoms with Crippen molar-refractivity contribution < 1.29 is 17.9 Å². The van der Waals surface area contributed by atoms with Gasteiger partial charge in [0.2, 0.25) is 10.0 Å². The number of hydrogen-bond acceptors (Lipinski definition) is 4. The van der Waals surface area contributed by atoms with Gasteiger partial charge in [-0.2, -0.15) is 0 Å². The summed E-state index contributed by atoms with van der Waals surface area (Å²) in [6.45, 7) is 6.85. The van der Waals surface area contributed by atoms with Crippen LogP contribution in [-0.4, -0.2) is 34.0 Å². The Bertz CT molecular complexity index is 862.